The zero-order valence-corrected chi connectivity index (χ0v) is 21.5. The minimum atomic E-state index is -4.75. The number of carboxylic acids is 1. The average Bonchev–Trinajstić information content (AvgIpc) is 3.58. The molecule has 0 amide bonds. The molecule has 40 heavy (non-hydrogen) atoms. The highest BCUT2D eigenvalue weighted by atomic mass is 32.1. The molecule has 0 atom stereocenters. The minimum absolute atomic E-state index is 0.275. The third kappa shape index (κ3) is 5.34. The Balaban J connectivity index is 1.21. The van der Waals surface area contributed by atoms with Crippen molar-refractivity contribution in [1.29, 1.82) is 0 Å². The summed E-state index contributed by atoms with van der Waals surface area (Å²) in [6.07, 6.45) is 0.274. The van der Waals surface area contributed by atoms with Gasteiger partial charge in [0.1, 0.15) is 17.1 Å². The molecule has 1 fully saturated rings. The highest BCUT2D eigenvalue weighted by Crippen LogP contribution is 2.44. The summed E-state index contributed by atoms with van der Waals surface area (Å²) in [5.41, 5.74) is 1.93. The summed E-state index contributed by atoms with van der Waals surface area (Å²) in [7, 11) is 0. The van der Waals surface area contributed by atoms with Gasteiger partial charge in [0.2, 0.25) is 5.82 Å². The molecule has 0 bridgehead atoms. The molecule has 4 heterocycles. The van der Waals surface area contributed by atoms with E-state index in [2.05, 4.69) is 36.1 Å². The lowest BCUT2D eigenvalue weighted by atomic mass is 9.83. The van der Waals surface area contributed by atoms with Crippen LogP contribution < -0.4 is 14.4 Å². The van der Waals surface area contributed by atoms with Crippen LogP contribution in [0.4, 0.5) is 18.3 Å². The van der Waals surface area contributed by atoms with Gasteiger partial charge in [0.25, 0.3) is 0 Å². The Labute approximate surface area is 229 Å². The molecule has 0 aliphatic carbocycles. The number of aliphatic carboxylic acids is 1. The number of thiazole rings is 1. The third-order valence-corrected chi connectivity index (χ3v) is 7.67. The molecule has 10 nitrogen and oxygen atoms in total. The van der Waals surface area contributed by atoms with E-state index in [9.17, 15) is 18.0 Å². The van der Waals surface area contributed by atoms with Crippen LogP contribution in [-0.4, -0.2) is 61.3 Å². The monoisotopic (exact) mass is 570 g/mol. The van der Waals surface area contributed by atoms with Crippen molar-refractivity contribution in [3.05, 3.63) is 71.9 Å². The number of nitrogens with zero attached hydrogens (tertiary/aromatic N) is 6. The number of halogens is 3. The Bertz CT molecular complexity index is 1580. The van der Waals surface area contributed by atoms with Crippen LogP contribution in [0.3, 0.4) is 0 Å². The number of anilines is 1. The summed E-state index contributed by atoms with van der Waals surface area (Å²) in [6, 6.07) is 13.5. The summed E-state index contributed by atoms with van der Waals surface area (Å²) in [5, 5.41) is 21.5. The summed E-state index contributed by atoms with van der Waals surface area (Å²) in [5.74, 6) is -0.308. The van der Waals surface area contributed by atoms with Crippen LogP contribution in [0.25, 0.3) is 16.3 Å². The van der Waals surface area contributed by atoms with E-state index in [4.69, 9.17) is 9.84 Å². The lowest BCUT2D eigenvalue weighted by Crippen LogP contribution is -2.48. The maximum absolute atomic E-state index is 12.6. The van der Waals surface area contributed by atoms with Gasteiger partial charge in [-0.25, -0.2) is 4.98 Å². The molecular weight excluding hydrogens is 549 g/mol. The fraction of sp³-hybridized carbons (Fsp3) is 0.269. The number of carboxylic acid groups (broad SMARTS) is 1. The fourth-order valence-electron chi connectivity index (χ4n) is 4.81. The lowest BCUT2D eigenvalue weighted by Gasteiger charge is -2.43. The number of para-hydroxylation sites is 1. The Morgan fingerprint density at radius 1 is 1.12 bits per heavy atom. The van der Waals surface area contributed by atoms with Gasteiger partial charge in [-0.05, 0) is 40.6 Å². The van der Waals surface area contributed by atoms with Crippen molar-refractivity contribution >= 4 is 28.0 Å². The largest absolute Gasteiger partial charge is 0.573 e. The van der Waals surface area contributed by atoms with Gasteiger partial charge in [0.15, 0.2) is 11.7 Å². The molecule has 6 rings (SSSR count). The topological polar surface area (TPSA) is 115 Å². The van der Waals surface area contributed by atoms with Crippen LogP contribution in [-0.2, 0) is 11.3 Å². The molecule has 2 aromatic heterocycles. The summed E-state index contributed by atoms with van der Waals surface area (Å²) < 4.78 is 48.4. The summed E-state index contributed by atoms with van der Waals surface area (Å²) in [6.45, 7) is 0.920. The van der Waals surface area contributed by atoms with Gasteiger partial charge in [0.05, 0.1) is 11.1 Å². The molecule has 0 saturated carbocycles. The second-order valence-electron chi connectivity index (χ2n) is 9.32. The summed E-state index contributed by atoms with van der Waals surface area (Å²) >= 11 is 1.39. The van der Waals surface area contributed by atoms with E-state index in [1.165, 1.54) is 23.5 Å². The van der Waals surface area contributed by atoms with E-state index in [0.29, 0.717) is 36.6 Å². The van der Waals surface area contributed by atoms with E-state index in [1.54, 1.807) is 18.3 Å². The van der Waals surface area contributed by atoms with Crippen LogP contribution in [0.1, 0.15) is 24.0 Å². The number of carbonyl (C=O) groups is 1. The SMILES string of the molecule is O=C(O)Cn1nnc(-c2cnc(N3CCC4(C=C(c5ccc(OC(F)(F)F)cc5)c5ccccc5O4)CC3)s2)n1. The molecule has 0 radical (unpaired) electrons. The fourth-order valence-corrected chi connectivity index (χ4v) is 5.70. The first-order valence-corrected chi connectivity index (χ1v) is 13.1. The number of tetrazole rings is 1. The van der Waals surface area contributed by atoms with Crippen LogP contribution in [0.15, 0.2) is 60.8 Å². The maximum atomic E-state index is 12.6. The Kier molecular flexibility index (Phi) is 6.41. The molecule has 4 aromatic rings. The molecule has 2 aliphatic heterocycles. The molecule has 2 aromatic carbocycles. The van der Waals surface area contributed by atoms with E-state index < -0.39 is 17.9 Å². The normalized spacial score (nSPS) is 16.3. The van der Waals surface area contributed by atoms with Gasteiger partial charge in [0, 0.05) is 31.5 Å². The number of benzene rings is 2. The van der Waals surface area contributed by atoms with Gasteiger partial charge < -0.3 is 19.5 Å². The van der Waals surface area contributed by atoms with Crippen LogP contribution in [0.5, 0.6) is 11.5 Å². The van der Waals surface area contributed by atoms with Crippen molar-refractivity contribution in [2.45, 2.75) is 31.3 Å². The molecule has 1 N–H and O–H groups in total. The van der Waals surface area contributed by atoms with Gasteiger partial charge >= 0.3 is 12.3 Å². The Morgan fingerprint density at radius 2 is 1.88 bits per heavy atom. The van der Waals surface area contributed by atoms with Crippen molar-refractivity contribution in [3.8, 4) is 22.2 Å². The van der Waals surface area contributed by atoms with E-state index in [1.807, 2.05) is 24.3 Å². The molecule has 14 heteroatoms. The van der Waals surface area contributed by atoms with Crippen molar-refractivity contribution in [2.24, 2.45) is 0 Å². The molecule has 0 unspecified atom stereocenters. The lowest BCUT2D eigenvalue weighted by molar-refractivity contribution is -0.274. The zero-order chi connectivity index (χ0) is 27.9. The maximum Gasteiger partial charge on any atom is 0.573 e. The number of piperidine rings is 1. The smallest absolute Gasteiger partial charge is 0.482 e. The second kappa shape index (κ2) is 9.93. The number of fused-ring (bicyclic) bond motifs is 1. The van der Waals surface area contributed by atoms with Crippen LogP contribution in [0, 0.1) is 0 Å². The predicted octanol–water partition coefficient (Wildman–Crippen LogP) is 4.64. The number of rotatable bonds is 6. The molecule has 2 aliphatic rings. The van der Waals surface area contributed by atoms with Crippen molar-refractivity contribution < 1.29 is 32.5 Å². The van der Waals surface area contributed by atoms with Gasteiger partial charge in [-0.15, -0.1) is 23.4 Å². The standard InChI is InChI=1S/C26H21F3N6O4S/c27-26(28,29)38-17-7-5-16(6-8-17)19-13-25(39-20-4-2-1-3-18(19)20)9-11-34(12-10-25)24-30-14-21(40-24)23-31-33-35(32-23)15-22(36)37/h1-8,13-14H,9-12,15H2,(H,36,37). The number of aromatic nitrogens is 5. The Hall–Kier alpha value is -4.46. The zero-order valence-electron chi connectivity index (χ0n) is 20.7. The Morgan fingerprint density at radius 3 is 2.60 bits per heavy atom. The summed E-state index contributed by atoms with van der Waals surface area (Å²) in [4.78, 5) is 19.2. The van der Waals surface area contributed by atoms with Crippen molar-refractivity contribution in [2.75, 3.05) is 18.0 Å². The number of ether oxygens (including phenoxy) is 2. The van der Waals surface area contributed by atoms with Crippen LogP contribution >= 0.6 is 11.3 Å². The van der Waals surface area contributed by atoms with E-state index in [0.717, 1.165) is 32.4 Å². The minimum Gasteiger partial charge on any atom is -0.482 e. The first-order valence-electron chi connectivity index (χ1n) is 12.2. The average molecular weight is 571 g/mol. The third-order valence-electron chi connectivity index (χ3n) is 6.62. The highest BCUT2D eigenvalue weighted by molar-refractivity contribution is 7.18. The van der Waals surface area contributed by atoms with E-state index >= 15 is 0 Å². The molecule has 1 spiro atoms. The first kappa shape index (κ1) is 25.8. The van der Waals surface area contributed by atoms with Gasteiger partial charge in [-0.1, -0.05) is 41.7 Å². The molecule has 206 valence electrons. The van der Waals surface area contributed by atoms with Crippen LogP contribution in [0.2, 0.25) is 0 Å². The number of hydrogen-bond donors (Lipinski definition) is 1. The number of hydrogen-bond acceptors (Lipinski definition) is 9. The molecule has 1 saturated heterocycles. The second-order valence-corrected chi connectivity index (χ2v) is 10.3. The first-order chi connectivity index (χ1) is 19.2. The van der Waals surface area contributed by atoms with E-state index in [-0.39, 0.29) is 12.3 Å². The highest BCUT2D eigenvalue weighted by Gasteiger charge is 2.39. The van der Waals surface area contributed by atoms with Crippen molar-refractivity contribution in [1.82, 2.24) is 25.2 Å². The quantitative estimate of drug-likeness (QED) is 0.354. The van der Waals surface area contributed by atoms with Gasteiger partial charge in [-0.3, -0.25) is 4.79 Å². The predicted molar refractivity (Wildman–Crippen MR) is 138 cm³/mol. The van der Waals surface area contributed by atoms with Gasteiger partial charge in [-0.2, -0.15) is 4.80 Å². The number of alkyl halides is 3. The molecular formula is C26H21F3N6O4S. The van der Waals surface area contributed by atoms with Crippen molar-refractivity contribution in [3.63, 3.8) is 0 Å².